The number of nitrogens with zero attached hydrogens (tertiary/aromatic N) is 3. The number of aromatic nitrogens is 3. The Morgan fingerprint density at radius 1 is 1.33 bits per heavy atom. The fraction of sp³-hybridized carbons (Fsp3) is 0.182. The second-order valence-electron chi connectivity index (χ2n) is 3.83. The molecule has 0 amide bonds. The zero-order valence-corrected chi connectivity index (χ0v) is 8.73. The molecule has 76 valence electrons. The van der Waals surface area contributed by atoms with Crippen LogP contribution < -0.4 is 5.73 Å². The Morgan fingerprint density at radius 3 is 2.93 bits per heavy atom. The Balaban J connectivity index is 2.60. The minimum atomic E-state index is 0.730. The number of rotatable bonds is 0. The van der Waals surface area contributed by atoms with Crippen LogP contribution in [0.1, 0.15) is 5.69 Å². The van der Waals surface area contributed by atoms with Crippen LogP contribution in [0.2, 0.25) is 0 Å². The van der Waals surface area contributed by atoms with Crippen molar-refractivity contribution in [2.75, 3.05) is 5.73 Å². The van der Waals surface area contributed by atoms with E-state index >= 15 is 0 Å². The molecule has 0 bridgehead atoms. The molecule has 3 rings (SSSR count). The monoisotopic (exact) mass is 200 g/mol. The third kappa shape index (κ3) is 0.932. The maximum Gasteiger partial charge on any atom is 0.214 e. The minimum absolute atomic E-state index is 0.730. The standard InChI is InChI=1S/C11H12N4/c1-7-6-15-9-5-3-4-8(12)10(9)13-11(15)14(7)2/h3-6H,12H2,1-2H3. The predicted molar refractivity (Wildman–Crippen MR) is 60.8 cm³/mol. The fourth-order valence-corrected chi connectivity index (χ4v) is 1.92. The molecule has 0 radical (unpaired) electrons. The summed E-state index contributed by atoms with van der Waals surface area (Å²) in [6, 6.07) is 5.86. The van der Waals surface area contributed by atoms with Crippen LogP contribution in [0.25, 0.3) is 16.8 Å². The van der Waals surface area contributed by atoms with E-state index in [4.69, 9.17) is 5.73 Å². The van der Waals surface area contributed by atoms with Crippen molar-refractivity contribution in [2.24, 2.45) is 7.05 Å². The van der Waals surface area contributed by atoms with Gasteiger partial charge in [-0.3, -0.25) is 4.40 Å². The van der Waals surface area contributed by atoms with Gasteiger partial charge in [-0.15, -0.1) is 0 Å². The number of benzene rings is 1. The van der Waals surface area contributed by atoms with E-state index in [9.17, 15) is 0 Å². The molecule has 0 aliphatic rings. The van der Waals surface area contributed by atoms with E-state index in [0.717, 1.165) is 22.5 Å². The van der Waals surface area contributed by atoms with Crippen molar-refractivity contribution < 1.29 is 0 Å². The lowest BCUT2D eigenvalue weighted by Crippen LogP contribution is -1.91. The average molecular weight is 200 g/mol. The highest BCUT2D eigenvalue weighted by atomic mass is 15.2. The topological polar surface area (TPSA) is 48.2 Å². The van der Waals surface area contributed by atoms with Gasteiger partial charge in [-0.2, -0.15) is 0 Å². The zero-order chi connectivity index (χ0) is 10.6. The van der Waals surface area contributed by atoms with Crippen molar-refractivity contribution in [2.45, 2.75) is 6.92 Å². The number of aryl methyl sites for hydroxylation is 2. The van der Waals surface area contributed by atoms with Gasteiger partial charge in [0.2, 0.25) is 5.78 Å². The summed E-state index contributed by atoms with van der Waals surface area (Å²) < 4.78 is 4.13. The Bertz CT molecular complexity index is 660. The molecule has 0 aliphatic heterocycles. The van der Waals surface area contributed by atoms with Crippen molar-refractivity contribution in [3.8, 4) is 0 Å². The summed E-state index contributed by atoms with van der Waals surface area (Å²) in [4.78, 5) is 4.54. The number of imidazole rings is 2. The van der Waals surface area contributed by atoms with Crippen molar-refractivity contribution in [3.05, 3.63) is 30.1 Å². The quantitative estimate of drug-likeness (QED) is 0.562. The first kappa shape index (κ1) is 8.35. The highest BCUT2D eigenvalue weighted by Crippen LogP contribution is 2.22. The molecular weight excluding hydrogens is 188 g/mol. The second-order valence-corrected chi connectivity index (χ2v) is 3.83. The molecule has 0 unspecified atom stereocenters. The molecule has 0 saturated heterocycles. The highest BCUT2D eigenvalue weighted by Gasteiger charge is 2.10. The molecule has 4 heteroatoms. The summed E-state index contributed by atoms with van der Waals surface area (Å²) >= 11 is 0. The van der Waals surface area contributed by atoms with Crippen LogP contribution in [0.15, 0.2) is 24.4 Å². The number of hydrogen-bond donors (Lipinski definition) is 1. The van der Waals surface area contributed by atoms with Crippen molar-refractivity contribution in [3.63, 3.8) is 0 Å². The number of anilines is 1. The lowest BCUT2D eigenvalue weighted by Gasteiger charge is -1.94. The van der Waals surface area contributed by atoms with E-state index in [1.165, 1.54) is 5.69 Å². The van der Waals surface area contributed by atoms with Gasteiger partial charge in [-0.05, 0) is 19.1 Å². The maximum absolute atomic E-state index is 5.88. The number of hydrogen-bond acceptors (Lipinski definition) is 2. The van der Waals surface area contributed by atoms with Gasteiger partial charge in [0, 0.05) is 18.9 Å². The van der Waals surface area contributed by atoms with Gasteiger partial charge in [0.15, 0.2) is 0 Å². The summed E-state index contributed by atoms with van der Waals surface area (Å²) in [6.07, 6.45) is 2.07. The van der Waals surface area contributed by atoms with Gasteiger partial charge in [0.05, 0.1) is 11.2 Å². The van der Waals surface area contributed by atoms with Gasteiger partial charge in [0.1, 0.15) is 5.52 Å². The maximum atomic E-state index is 5.88. The Morgan fingerprint density at radius 2 is 2.13 bits per heavy atom. The summed E-state index contributed by atoms with van der Waals surface area (Å²) in [5.41, 5.74) is 9.74. The van der Waals surface area contributed by atoms with Crippen LogP contribution in [-0.2, 0) is 7.05 Å². The van der Waals surface area contributed by atoms with Gasteiger partial charge in [-0.25, -0.2) is 4.98 Å². The van der Waals surface area contributed by atoms with Crippen LogP contribution in [0.4, 0.5) is 5.69 Å². The summed E-state index contributed by atoms with van der Waals surface area (Å²) in [5.74, 6) is 0.931. The van der Waals surface area contributed by atoms with Gasteiger partial charge < -0.3 is 10.3 Å². The van der Waals surface area contributed by atoms with E-state index in [0.29, 0.717) is 0 Å². The van der Waals surface area contributed by atoms with Gasteiger partial charge in [0.25, 0.3) is 0 Å². The van der Waals surface area contributed by atoms with Crippen LogP contribution in [0.5, 0.6) is 0 Å². The molecule has 0 fully saturated rings. The first-order valence-electron chi connectivity index (χ1n) is 4.87. The van der Waals surface area contributed by atoms with E-state index in [-0.39, 0.29) is 0 Å². The molecule has 2 heterocycles. The molecule has 3 aromatic rings. The number of nitrogen functional groups attached to an aromatic ring is 1. The smallest absolute Gasteiger partial charge is 0.214 e. The number of nitrogens with two attached hydrogens (primary N) is 1. The molecule has 4 nitrogen and oxygen atoms in total. The van der Waals surface area contributed by atoms with Crippen molar-refractivity contribution >= 4 is 22.5 Å². The third-order valence-corrected chi connectivity index (χ3v) is 2.88. The highest BCUT2D eigenvalue weighted by molar-refractivity contribution is 5.89. The summed E-state index contributed by atoms with van der Waals surface area (Å²) in [6.45, 7) is 2.06. The second kappa shape index (κ2) is 2.53. The molecule has 0 spiro atoms. The SMILES string of the molecule is Cc1cn2c3cccc(N)c3nc2n1C. The van der Waals surface area contributed by atoms with Crippen LogP contribution in [-0.4, -0.2) is 14.0 Å². The molecule has 0 aliphatic carbocycles. The van der Waals surface area contributed by atoms with E-state index in [2.05, 4.69) is 27.1 Å². The Hall–Kier alpha value is -1.97. The molecule has 2 aromatic heterocycles. The van der Waals surface area contributed by atoms with Crippen LogP contribution in [0.3, 0.4) is 0 Å². The lowest BCUT2D eigenvalue weighted by molar-refractivity contribution is 0.899. The zero-order valence-electron chi connectivity index (χ0n) is 8.73. The van der Waals surface area contributed by atoms with E-state index in [1.54, 1.807) is 0 Å². The molecule has 0 saturated carbocycles. The van der Waals surface area contributed by atoms with Crippen molar-refractivity contribution in [1.29, 1.82) is 0 Å². The normalized spacial score (nSPS) is 11.6. The summed E-state index contributed by atoms with van der Waals surface area (Å²) in [5, 5.41) is 0. The Kier molecular flexibility index (Phi) is 1.41. The molecular formula is C11H12N4. The van der Waals surface area contributed by atoms with Crippen LogP contribution >= 0.6 is 0 Å². The fourth-order valence-electron chi connectivity index (χ4n) is 1.92. The van der Waals surface area contributed by atoms with E-state index in [1.807, 2.05) is 25.2 Å². The van der Waals surface area contributed by atoms with Crippen molar-refractivity contribution in [1.82, 2.24) is 14.0 Å². The number of para-hydroxylation sites is 1. The lowest BCUT2D eigenvalue weighted by atomic mass is 10.3. The largest absolute Gasteiger partial charge is 0.397 e. The Labute approximate surface area is 86.9 Å². The first-order valence-corrected chi connectivity index (χ1v) is 4.87. The molecule has 0 atom stereocenters. The van der Waals surface area contributed by atoms with Gasteiger partial charge in [-0.1, -0.05) is 6.07 Å². The molecule has 15 heavy (non-hydrogen) atoms. The summed E-state index contributed by atoms with van der Waals surface area (Å²) in [7, 11) is 2.01. The van der Waals surface area contributed by atoms with Gasteiger partial charge >= 0.3 is 0 Å². The third-order valence-electron chi connectivity index (χ3n) is 2.88. The minimum Gasteiger partial charge on any atom is -0.397 e. The number of fused-ring (bicyclic) bond motifs is 3. The first-order chi connectivity index (χ1) is 7.18. The molecule has 2 N–H and O–H groups in total. The average Bonchev–Trinajstić information content (AvgIpc) is 2.69. The molecule has 1 aromatic carbocycles. The van der Waals surface area contributed by atoms with E-state index < -0.39 is 0 Å². The predicted octanol–water partition coefficient (Wildman–Crippen LogP) is 1.72. The van der Waals surface area contributed by atoms with Crippen LogP contribution in [0, 0.1) is 6.92 Å².